The van der Waals surface area contributed by atoms with Gasteiger partial charge < -0.3 is 19.1 Å². The first-order valence-electron chi connectivity index (χ1n) is 8.83. The van der Waals surface area contributed by atoms with E-state index in [1.165, 1.54) is 19.1 Å². The Morgan fingerprint density at radius 2 is 2.16 bits per heavy atom. The summed E-state index contributed by atoms with van der Waals surface area (Å²) in [6.07, 6.45) is 6.80. The van der Waals surface area contributed by atoms with E-state index in [4.69, 9.17) is 9.26 Å². The molecule has 2 saturated heterocycles. The van der Waals surface area contributed by atoms with Crippen molar-refractivity contribution in [2.45, 2.75) is 31.8 Å². The summed E-state index contributed by atoms with van der Waals surface area (Å²) >= 11 is 0. The zero-order chi connectivity index (χ0) is 17.1. The fraction of sp³-hybridized carbons (Fsp3) is 0.500. The zero-order valence-corrected chi connectivity index (χ0v) is 14.1. The average molecular weight is 342 g/mol. The Morgan fingerprint density at radius 3 is 2.96 bits per heavy atom. The summed E-state index contributed by atoms with van der Waals surface area (Å²) in [7, 11) is 0. The van der Waals surface area contributed by atoms with Crippen LogP contribution in [0.2, 0.25) is 0 Å². The van der Waals surface area contributed by atoms with Crippen LogP contribution in [-0.4, -0.2) is 53.2 Å². The lowest BCUT2D eigenvalue weighted by atomic mass is 10.3. The number of aromatic nitrogens is 2. The second-order valence-corrected chi connectivity index (χ2v) is 6.56. The van der Waals surface area contributed by atoms with Crippen LogP contribution in [0.1, 0.15) is 25.0 Å². The molecule has 0 N–H and O–H groups in total. The topological polar surface area (TPSA) is 71.7 Å². The molecule has 0 bridgehead atoms. The van der Waals surface area contributed by atoms with Gasteiger partial charge in [0.2, 0.25) is 5.91 Å². The van der Waals surface area contributed by atoms with E-state index < -0.39 is 0 Å². The number of rotatable bonds is 5. The summed E-state index contributed by atoms with van der Waals surface area (Å²) in [5, 5.41) is 3.80. The van der Waals surface area contributed by atoms with E-state index in [1.54, 1.807) is 6.07 Å². The summed E-state index contributed by atoms with van der Waals surface area (Å²) in [4.78, 5) is 21.0. The largest absolute Gasteiger partial charge is 0.485 e. The van der Waals surface area contributed by atoms with Crippen LogP contribution in [0.15, 0.2) is 35.2 Å². The predicted molar refractivity (Wildman–Crippen MR) is 91.5 cm³/mol. The third kappa shape index (κ3) is 3.60. The Balaban J connectivity index is 1.37. The molecule has 1 atom stereocenters. The van der Waals surface area contributed by atoms with Crippen molar-refractivity contribution in [2.75, 3.05) is 31.1 Å². The van der Waals surface area contributed by atoms with Gasteiger partial charge in [-0.05, 0) is 25.0 Å². The number of carbonyl (C=O) groups excluding carboxylic acids is 1. The van der Waals surface area contributed by atoms with Crippen molar-refractivity contribution in [2.24, 2.45) is 0 Å². The monoisotopic (exact) mass is 342 g/mol. The lowest BCUT2D eigenvalue weighted by Crippen LogP contribution is -2.32. The van der Waals surface area contributed by atoms with Gasteiger partial charge in [-0.15, -0.1) is 0 Å². The molecule has 0 radical (unpaired) electrons. The van der Waals surface area contributed by atoms with Gasteiger partial charge in [0.25, 0.3) is 0 Å². The fourth-order valence-electron chi connectivity index (χ4n) is 3.47. The van der Waals surface area contributed by atoms with Gasteiger partial charge in [-0.2, -0.15) is 0 Å². The molecule has 7 nitrogen and oxygen atoms in total. The number of anilines is 1. The molecular formula is C18H22N4O3. The normalized spacial score (nSPS) is 20.2. The van der Waals surface area contributed by atoms with Crippen molar-refractivity contribution in [1.82, 2.24) is 15.0 Å². The molecule has 4 heterocycles. The maximum Gasteiger partial charge on any atom is 0.228 e. The molecule has 2 aromatic rings. The molecule has 1 amide bonds. The Labute approximate surface area is 146 Å². The molecule has 2 aliphatic rings. The molecule has 2 aliphatic heterocycles. The first-order valence-corrected chi connectivity index (χ1v) is 8.83. The minimum absolute atomic E-state index is 0.00631. The quantitative estimate of drug-likeness (QED) is 0.826. The minimum Gasteiger partial charge on any atom is -0.485 e. The van der Waals surface area contributed by atoms with Gasteiger partial charge in [-0.25, -0.2) is 4.98 Å². The van der Waals surface area contributed by atoms with Crippen molar-refractivity contribution in [3.8, 4) is 5.75 Å². The number of carbonyl (C=O) groups is 1. The lowest BCUT2D eigenvalue weighted by Gasteiger charge is -2.22. The van der Waals surface area contributed by atoms with Crippen molar-refractivity contribution in [3.63, 3.8) is 0 Å². The van der Waals surface area contributed by atoms with Crippen LogP contribution >= 0.6 is 0 Å². The molecular weight excluding hydrogens is 320 g/mol. The SMILES string of the molecule is O=C(Cc1ccon1)N1CCC(Oc2cccnc2N2CCCC2)C1. The number of hydrogen-bond donors (Lipinski definition) is 0. The smallest absolute Gasteiger partial charge is 0.228 e. The van der Waals surface area contributed by atoms with Crippen molar-refractivity contribution in [3.05, 3.63) is 36.4 Å². The molecule has 4 rings (SSSR count). The van der Waals surface area contributed by atoms with Crippen LogP contribution in [0, 0.1) is 0 Å². The van der Waals surface area contributed by atoms with Gasteiger partial charge in [0.05, 0.1) is 18.7 Å². The van der Waals surface area contributed by atoms with E-state index in [2.05, 4.69) is 15.0 Å². The van der Waals surface area contributed by atoms with Gasteiger partial charge in [0.15, 0.2) is 11.6 Å². The molecule has 0 saturated carbocycles. The third-order valence-electron chi connectivity index (χ3n) is 4.77. The van der Waals surface area contributed by atoms with E-state index >= 15 is 0 Å². The highest BCUT2D eigenvalue weighted by atomic mass is 16.5. The van der Waals surface area contributed by atoms with Gasteiger partial charge in [0, 0.05) is 38.3 Å². The molecule has 2 aromatic heterocycles. The molecule has 0 aromatic carbocycles. The molecule has 7 heteroatoms. The first kappa shape index (κ1) is 15.9. The Hall–Kier alpha value is -2.57. The highest BCUT2D eigenvalue weighted by Crippen LogP contribution is 2.30. The third-order valence-corrected chi connectivity index (χ3v) is 4.77. The number of nitrogens with zero attached hydrogens (tertiary/aromatic N) is 4. The number of amides is 1. The van der Waals surface area contributed by atoms with E-state index in [9.17, 15) is 4.79 Å². The Kier molecular flexibility index (Phi) is 4.54. The molecule has 0 spiro atoms. The summed E-state index contributed by atoms with van der Waals surface area (Å²) in [5.74, 6) is 1.80. The lowest BCUT2D eigenvalue weighted by molar-refractivity contribution is -0.129. The van der Waals surface area contributed by atoms with E-state index in [0.29, 0.717) is 18.8 Å². The minimum atomic E-state index is 0.00631. The average Bonchev–Trinajstić information content (AvgIpc) is 3.38. The number of pyridine rings is 1. The summed E-state index contributed by atoms with van der Waals surface area (Å²) in [6, 6.07) is 5.60. The van der Waals surface area contributed by atoms with Crippen molar-refractivity contribution >= 4 is 11.7 Å². The number of likely N-dealkylation sites (tertiary alicyclic amines) is 1. The molecule has 25 heavy (non-hydrogen) atoms. The Morgan fingerprint density at radius 1 is 1.28 bits per heavy atom. The maximum absolute atomic E-state index is 12.4. The summed E-state index contributed by atoms with van der Waals surface area (Å²) in [5.41, 5.74) is 0.665. The second kappa shape index (κ2) is 7.13. The van der Waals surface area contributed by atoms with Crippen LogP contribution in [0.5, 0.6) is 5.75 Å². The summed E-state index contributed by atoms with van der Waals surface area (Å²) < 4.78 is 11.0. The first-order chi connectivity index (χ1) is 12.3. The van der Waals surface area contributed by atoms with E-state index in [0.717, 1.165) is 31.1 Å². The van der Waals surface area contributed by atoms with Crippen molar-refractivity contribution < 1.29 is 14.1 Å². The van der Waals surface area contributed by atoms with Crippen LogP contribution in [-0.2, 0) is 11.2 Å². The van der Waals surface area contributed by atoms with Gasteiger partial charge in [-0.1, -0.05) is 5.16 Å². The Bertz CT molecular complexity index is 713. The zero-order valence-electron chi connectivity index (χ0n) is 14.1. The van der Waals surface area contributed by atoms with Gasteiger partial charge in [0.1, 0.15) is 12.4 Å². The van der Waals surface area contributed by atoms with Crippen LogP contribution in [0.25, 0.3) is 0 Å². The second-order valence-electron chi connectivity index (χ2n) is 6.56. The maximum atomic E-state index is 12.4. The van der Waals surface area contributed by atoms with Gasteiger partial charge in [-0.3, -0.25) is 4.79 Å². The van der Waals surface area contributed by atoms with Crippen molar-refractivity contribution in [1.29, 1.82) is 0 Å². The highest BCUT2D eigenvalue weighted by Gasteiger charge is 2.29. The number of hydrogen-bond acceptors (Lipinski definition) is 6. The predicted octanol–water partition coefficient (Wildman–Crippen LogP) is 1.89. The van der Waals surface area contributed by atoms with Crippen LogP contribution in [0.4, 0.5) is 5.82 Å². The molecule has 1 unspecified atom stereocenters. The summed E-state index contributed by atoms with van der Waals surface area (Å²) in [6.45, 7) is 3.37. The molecule has 2 fully saturated rings. The van der Waals surface area contributed by atoms with Gasteiger partial charge >= 0.3 is 0 Å². The van der Waals surface area contributed by atoms with E-state index in [-0.39, 0.29) is 18.4 Å². The molecule has 132 valence electrons. The van der Waals surface area contributed by atoms with Crippen LogP contribution in [0.3, 0.4) is 0 Å². The molecule has 0 aliphatic carbocycles. The fourth-order valence-corrected chi connectivity index (χ4v) is 3.47. The standard InChI is InChI=1S/C18H22N4O3/c23-17(12-14-6-11-24-20-14)22-10-5-15(13-22)25-16-4-3-7-19-18(16)21-8-1-2-9-21/h3-4,6-7,11,15H,1-2,5,8-10,12-13H2. The highest BCUT2D eigenvalue weighted by molar-refractivity contribution is 5.78. The number of ether oxygens (including phenoxy) is 1. The van der Waals surface area contributed by atoms with E-state index in [1.807, 2.05) is 23.2 Å². The van der Waals surface area contributed by atoms with Crippen LogP contribution < -0.4 is 9.64 Å².